The molecule has 1 aliphatic carbocycles. The first-order valence-corrected chi connectivity index (χ1v) is 6.23. The highest BCUT2D eigenvalue weighted by Gasteiger charge is 2.28. The minimum atomic E-state index is 0. The van der Waals surface area contributed by atoms with Crippen LogP contribution in [0.4, 0.5) is 0 Å². The van der Waals surface area contributed by atoms with E-state index in [0.29, 0.717) is 18.9 Å². The molecule has 0 aliphatic heterocycles. The summed E-state index contributed by atoms with van der Waals surface area (Å²) in [7, 11) is 0. The van der Waals surface area contributed by atoms with Gasteiger partial charge in [-0.2, -0.15) is 0 Å². The van der Waals surface area contributed by atoms with Gasteiger partial charge in [-0.3, -0.25) is 4.79 Å². The largest absolute Gasteiger partial charge is 0.354 e. The van der Waals surface area contributed by atoms with Crippen LogP contribution in [0.5, 0.6) is 0 Å². The molecular formula is C14H21ClN2O. The van der Waals surface area contributed by atoms with Gasteiger partial charge in [0.1, 0.15) is 0 Å². The number of carbonyl (C=O) groups excluding carboxylic acids is 1. The first kappa shape index (κ1) is 15.0. The topological polar surface area (TPSA) is 55.1 Å². The molecule has 2 rings (SSSR count). The van der Waals surface area contributed by atoms with Gasteiger partial charge in [-0.25, -0.2) is 0 Å². The van der Waals surface area contributed by atoms with Gasteiger partial charge in [-0.15, -0.1) is 12.4 Å². The first-order valence-electron chi connectivity index (χ1n) is 6.23. The first-order chi connectivity index (χ1) is 8.16. The van der Waals surface area contributed by atoms with Gasteiger partial charge in [-0.05, 0) is 36.8 Å². The Kier molecular flexibility index (Phi) is 5.63. The third-order valence-corrected chi connectivity index (χ3v) is 3.37. The Morgan fingerprint density at radius 2 is 2.11 bits per heavy atom. The van der Waals surface area contributed by atoms with Crippen LogP contribution in [-0.4, -0.2) is 18.5 Å². The van der Waals surface area contributed by atoms with Crippen LogP contribution in [0.15, 0.2) is 24.3 Å². The minimum Gasteiger partial charge on any atom is -0.354 e. The molecule has 0 spiro atoms. The average molecular weight is 269 g/mol. The summed E-state index contributed by atoms with van der Waals surface area (Å²) in [6, 6.07) is 8.11. The van der Waals surface area contributed by atoms with Crippen LogP contribution in [0, 0.1) is 12.8 Å². The SMILES string of the molecule is Cc1ccccc1CC(=O)NCC(N)C1CC1.Cl. The van der Waals surface area contributed by atoms with E-state index in [1.807, 2.05) is 31.2 Å². The highest BCUT2D eigenvalue weighted by molar-refractivity contribution is 5.85. The molecule has 1 aliphatic rings. The fraction of sp³-hybridized carbons (Fsp3) is 0.500. The fourth-order valence-electron chi connectivity index (χ4n) is 1.97. The molecule has 1 aromatic rings. The highest BCUT2D eigenvalue weighted by Crippen LogP contribution is 2.31. The van der Waals surface area contributed by atoms with Crippen LogP contribution < -0.4 is 11.1 Å². The Bertz CT molecular complexity index is 405. The van der Waals surface area contributed by atoms with Crippen LogP contribution in [0.2, 0.25) is 0 Å². The van der Waals surface area contributed by atoms with E-state index in [1.54, 1.807) is 0 Å². The van der Waals surface area contributed by atoms with Crippen molar-refractivity contribution in [1.82, 2.24) is 5.32 Å². The number of nitrogens with one attached hydrogen (secondary N) is 1. The monoisotopic (exact) mass is 268 g/mol. The molecule has 0 heterocycles. The Hall–Kier alpha value is -1.06. The van der Waals surface area contributed by atoms with Gasteiger partial charge in [0.2, 0.25) is 5.91 Å². The second-order valence-corrected chi connectivity index (χ2v) is 4.91. The van der Waals surface area contributed by atoms with Crippen molar-refractivity contribution < 1.29 is 4.79 Å². The lowest BCUT2D eigenvalue weighted by Gasteiger charge is -2.12. The fourth-order valence-corrected chi connectivity index (χ4v) is 1.97. The molecule has 1 fully saturated rings. The Labute approximate surface area is 115 Å². The molecule has 1 unspecified atom stereocenters. The molecule has 3 nitrogen and oxygen atoms in total. The normalized spacial score (nSPS) is 15.7. The molecule has 1 aromatic carbocycles. The van der Waals surface area contributed by atoms with Gasteiger partial charge in [0.15, 0.2) is 0 Å². The van der Waals surface area contributed by atoms with Crippen molar-refractivity contribution in [2.45, 2.75) is 32.2 Å². The summed E-state index contributed by atoms with van der Waals surface area (Å²) in [6.45, 7) is 2.63. The summed E-state index contributed by atoms with van der Waals surface area (Å²) in [6.07, 6.45) is 2.88. The van der Waals surface area contributed by atoms with E-state index in [2.05, 4.69) is 5.32 Å². The molecule has 1 amide bonds. The van der Waals surface area contributed by atoms with Gasteiger partial charge >= 0.3 is 0 Å². The number of rotatable bonds is 5. The molecule has 0 radical (unpaired) electrons. The summed E-state index contributed by atoms with van der Waals surface area (Å²) >= 11 is 0. The minimum absolute atomic E-state index is 0. The second kappa shape index (κ2) is 6.76. The van der Waals surface area contributed by atoms with Crippen molar-refractivity contribution in [3.05, 3.63) is 35.4 Å². The number of nitrogens with two attached hydrogens (primary N) is 1. The predicted octanol–water partition coefficient (Wildman–Crippen LogP) is 1.81. The zero-order valence-corrected chi connectivity index (χ0v) is 11.5. The van der Waals surface area contributed by atoms with Crippen LogP contribution in [-0.2, 0) is 11.2 Å². The zero-order valence-electron chi connectivity index (χ0n) is 10.7. The molecule has 0 bridgehead atoms. The molecule has 18 heavy (non-hydrogen) atoms. The number of halogens is 1. The van der Waals surface area contributed by atoms with Crippen molar-refractivity contribution in [3.63, 3.8) is 0 Å². The highest BCUT2D eigenvalue weighted by atomic mass is 35.5. The van der Waals surface area contributed by atoms with Gasteiger partial charge in [0.25, 0.3) is 0 Å². The average Bonchev–Trinajstić information content (AvgIpc) is 3.13. The Morgan fingerprint density at radius 1 is 1.44 bits per heavy atom. The zero-order chi connectivity index (χ0) is 12.3. The second-order valence-electron chi connectivity index (χ2n) is 4.91. The van der Waals surface area contributed by atoms with Crippen molar-refractivity contribution in [2.75, 3.05) is 6.54 Å². The maximum absolute atomic E-state index is 11.7. The van der Waals surface area contributed by atoms with E-state index in [0.717, 1.165) is 11.1 Å². The van der Waals surface area contributed by atoms with Crippen molar-refractivity contribution in [1.29, 1.82) is 0 Å². The smallest absolute Gasteiger partial charge is 0.224 e. The number of carbonyl (C=O) groups is 1. The number of hydrogen-bond acceptors (Lipinski definition) is 2. The lowest BCUT2D eigenvalue weighted by molar-refractivity contribution is -0.120. The van der Waals surface area contributed by atoms with Crippen LogP contribution >= 0.6 is 12.4 Å². The predicted molar refractivity (Wildman–Crippen MR) is 75.8 cm³/mol. The molecule has 100 valence electrons. The number of benzene rings is 1. The van der Waals surface area contributed by atoms with E-state index in [9.17, 15) is 4.79 Å². The number of amides is 1. The van der Waals surface area contributed by atoms with Crippen molar-refractivity contribution >= 4 is 18.3 Å². The lowest BCUT2D eigenvalue weighted by Crippen LogP contribution is -2.39. The van der Waals surface area contributed by atoms with Crippen LogP contribution in [0.25, 0.3) is 0 Å². The van der Waals surface area contributed by atoms with Crippen LogP contribution in [0.3, 0.4) is 0 Å². The third-order valence-electron chi connectivity index (χ3n) is 3.37. The van der Waals surface area contributed by atoms with E-state index in [4.69, 9.17) is 5.73 Å². The standard InChI is InChI=1S/C14H20N2O.ClH/c1-10-4-2-3-5-12(10)8-14(17)16-9-13(15)11-6-7-11;/h2-5,11,13H,6-9,15H2,1H3,(H,16,17);1H. The molecular weight excluding hydrogens is 248 g/mol. The van der Waals surface area contributed by atoms with Gasteiger partial charge < -0.3 is 11.1 Å². The molecule has 4 heteroatoms. The summed E-state index contributed by atoms with van der Waals surface area (Å²) in [5.41, 5.74) is 8.19. The quantitative estimate of drug-likeness (QED) is 0.856. The van der Waals surface area contributed by atoms with Gasteiger partial charge in [-0.1, -0.05) is 24.3 Å². The number of aryl methyl sites for hydroxylation is 1. The maximum Gasteiger partial charge on any atom is 0.224 e. The summed E-state index contributed by atoms with van der Waals surface area (Å²) in [5, 5.41) is 2.92. The summed E-state index contributed by atoms with van der Waals surface area (Å²) in [5.74, 6) is 0.698. The molecule has 0 saturated heterocycles. The van der Waals surface area contributed by atoms with Gasteiger partial charge in [0, 0.05) is 12.6 Å². The summed E-state index contributed by atoms with van der Waals surface area (Å²) in [4.78, 5) is 11.7. The Balaban J connectivity index is 0.00000162. The van der Waals surface area contributed by atoms with Crippen LogP contribution in [0.1, 0.15) is 24.0 Å². The maximum atomic E-state index is 11.7. The van der Waals surface area contributed by atoms with E-state index < -0.39 is 0 Å². The number of hydrogen-bond donors (Lipinski definition) is 2. The summed E-state index contributed by atoms with van der Waals surface area (Å²) < 4.78 is 0. The molecule has 1 saturated carbocycles. The molecule has 1 atom stereocenters. The molecule has 0 aromatic heterocycles. The van der Waals surface area contributed by atoms with Crippen molar-refractivity contribution in [2.24, 2.45) is 11.7 Å². The van der Waals surface area contributed by atoms with Crippen molar-refractivity contribution in [3.8, 4) is 0 Å². The van der Waals surface area contributed by atoms with E-state index >= 15 is 0 Å². The Morgan fingerprint density at radius 3 is 2.72 bits per heavy atom. The molecule has 3 N–H and O–H groups in total. The lowest BCUT2D eigenvalue weighted by atomic mass is 10.1. The van der Waals surface area contributed by atoms with Gasteiger partial charge in [0.05, 0.1) is 6.42 Å². The van der Waals surface area contributed by atoms with E-state index in [1.165, 1.54) is 12.8 Å². The third kappa shape index (κ3) is 4.31. The van der Waals surface area contributed by atoms with E-state index in [-0.39, 0.29) is 24.4 Å².